The van der Waals surface area contributed by atoms with Crippen LogP contribution < -0.4 is 28.7 Å². The molecule has 6 heterocycles. The maximum Gasteiger partial charge on any atom is 0.416 e. The largest absolute Gasteiger partial charge is 0.493 e. The summed E-state index contributed by atoms with van der Waals surface area (Å²) in [7, 11) is 4.26. The molecule has 85 heavy (non-hydrogen) atoms. The number of ether oxygens (including phenoxy) is 11. The van der Waals surface area contributed by atoms with Crippen LogP contribution in [0.2, 0.25) is 0 Å². The number of nitrogens with zero attached hydrogens (tertiary/aromatic N) is 4. The fourth-order valence-corrected chi connectivity index (χ4v) is 11.3. The van der Waals surface area contributed by atoms with Crippen LogP contribution in [-0.2, 0) is 68.7 Å². The van der Waals surface area contributed by atoms with Crippen LogP contribution in [0.5, 0.6) is 23.0 Å². The molecule has 4 aromatic carbocycles. The summed E-state index contributed by atoms with van der Waals surface area (Å²) in [5.74, 6) is -0.699. The predicted octanol–water partition coefficient (Wildman–Crippen LogP) is 9.12. The van der Waals surface area contributed by atoms with E-state index in [1.54, 1.807) is 34.1 Å². The highest BCUT2D eigenvalue weighted by Gasteiger charge is 2.50. The van der Waals surface area contributed by atoms with Crippen molar-refractivity contribution in [3.05, 3.63) is 131 Å². The van der Waals surface area contributed by atoms with Gasteiger partial charge in [-0.25, -0.2) is 19.4 Å². The van der Waals surface area contributed by atoms with Crippen LogP contribution in [0.1, 0.15) is 107 Å². The van der Waals surface area contributed by atoms with Crippen molar-refractivity contribution in [2.75, 3.05) is 70.8 Å². The second-order valence-corrected chi connectivity index (χ2v) is 21.0. The SMILES string of the molecule is C=CCOC(=O)N1c2cc(OCCCC(=O)O)c(OC)cc2C(=O)N2Cc3ccccc3C[C@H]2C1OC1CCCCO1.C=CCOC(=O)N1c2cc(OCCCC(=O)OC)c(OC)cc2C(=O)N2Cc3ccccc3C[C@H]2C1OC1CCCCO1. The summed E-state index contributed by atoms with van der Waals surface area (Å²) in [6.45, 7) is 9.29. The third kappa shape index (κ3) is 14.3. The standard InChI is InChI=1S/C32H38N2O9.C31H36N2O9/c1-4-14-42-32(37)34-24-19-27(40-16-9-12-28(35)39-3)26(38-2)18-23(24)30(36)33-20-22-11-6-5-10-21(22)17-25(33)31(34)43-29-13-7-8-15-41-29;1-3-13-41-31(37)33-23-18-26(39-15-8-11-27(34)35)25(38-2)17-22(23)29(36)32-19-21-10-5-4-9-20(21)16-24(32)30(33)42-28-12-6-7-14-40-28/h4-6,10-11,18-19,25,29,31H,1,7-9,12-17,20H2,2-3H3;3-5,9-10,17-18,24,28,30H,1,6-8,11-16,19H2,2H3,(H,34,35)/t25-,29?,31?;24-,28?,30?/m00/s1. The molecule has 6 aliphatic rings. The summed E-state index contributed by atoms with van der Waals surface area (Å²) < 4.78 is 64.0. The van der Waals surface area contributed by atoms with Crippen molar-refractivity contribution in [2.45, 2.75) is 127 Å². The number of hydrogen-bond acceptors (Lipinski definition) is 17. The number of anilines is 2. The first-order chi connectivity index (χ1) is 41.3. The van der Waals surface area contributed by atoms with Gasteiger partial charge in [-0.05, 0) is 98.6 Å². The molecule has 0 saturated carbocycles. The molecule has 2 saturated heterocycles. The van der Waals surface area contributed by atoms with E-state index in [2.05, 4.69) is 13.2 Å². The lowest BCUT2D eigenvalue weighted by molar-refractivity contribution is -0.198. The summed E-state index contributed by atoms with van der Waals surface area (Å²) in [6.07, 6.45) is 5.21. The molecule has 0 spiro atoms. The Balaban J connectivity index is 0.000000204. The van der Waals surface area contributed by atoms with Gasteiger partial charge in [0.1, 0.15) is 13.2 Å². The Morgan fingerprint density at radius 1 is 0.600 bits per heavy atom. The Morgan fingerprint density at radius 2 is 1.04 bits per heavy atom. The number of amides is 4. The van der Waals surface area contributed by atoms with E-state index in [0.717, 1.165) is 47.9 Å². The molecule has 0 aliphatic carbocycles. The van der Waals surface area contributed by atoms with E-state index in [-0.39, 0.29) is 97.5 Å². The predicted molar refractivity (Wildman–Crippen MR) is 308 cm³/mol. The van der Waals surface area contributed by atoms with Crippen molar-refractivity contribution in [3.8, 4) is 23.0 Å². The van der Waals surface area contributed by atoms with Gasteiger partial charge in [-0.1, -0.05) is 73.8 Å². The Morgan fingerprint density at radius 3 is 1.42 bits per heavy atom. The van der Waals surface area contributed by atoms with Gasteiger partial charge in [0.25, 0.3) is 11.8 Å². The van der Waals surface area contributed by atoms with E-state index in [1.807, 2.05) is 48.5 Å². The lowest BCUT2D eigenvalue weighted by atomic mass is 9.92. The lowest BCUT2D eigenvalue weighted by Gasteiger charge is -2.43. The zero-order valence-corrected chi connectivity index (χ0v) is 48.3. The van der Waals surface area contributed by atoms with Crippen molar-refractivity contribution in [1.82, 2.24) is 9.80 Å². The van der Waals surface area contributed by atoms with Crippen LogP contribution in [0.4, 0.5) is 21.0 Å². The second kappa shape index (κ2) is 29.1. The van der Waals surface area contributed by atoms with Crippen molar-refractivity contribution in [3.63, 3.8) is 0 Å². The molecule has 454 valence electrons. The van der Waals surface area contributed by atoms with Gasteiger partial charge in [0.05, 0.1) is 69.1 Å². The Kier molecular flexibility index (Phi) is 21.0. The monoisotopic (exact) mass is 1170 g/mol. The fraction of sp³-hybridized carbons (Fsp3) is 0.460. The van der Waals surface area contributed by atoms with Gasteiger partial charge in [-0.3, -0.25) is 19.2 Å². The van der Waals surface area contributed by atoms with Crippen molar-refractivity contribution >= 4 is 47.3 Å². The molecule has 4 unspecified atom stereocenters. The fourth-order valence-electron chi connectivity index (χ4n) is 11.3. The van der Waals surface area contributed by atoms with Crippen molar-refractivity contribution in [1.29, 1.82) is 0 Å². The minimum absolute atomic E-state index is 0.0322. The summed E-state index contributed by atoms with van der Waals surface area (Å²) in [5, 5.41) is 9.02. The van der Waals surface area contributed by atoms with Crippen LogP contribution in [-0.4, -0.2) is 149 Å². The van der Waals surface area contributed by atoms with Gasteiger partial charge >= 0.3 is 24.1 Å². The topological polar surface area (TPSA) is 237 Å². The Labute approximate surface area is 493 Å². The molecule has 6 aliphatic heterocycles. The summed E-state index contributed by atoms with van der Waals surface area (Å²) in [5.41, 5.74) is 5.16. The molecule has 2 fully saturated rings. The van der Waals surface area contributed by atoms with Crippen LogP contribution in [0.25, 0.3) is 0 Å². The van der Waals surface area contributed by atoms with Gasteiger partial charge < -0.3 is 67.0 Å². The maximum absolute atomic E-state index is 14.3. The molecule has 0 aromatic heterocycles. The number of carboxylic acids is 1. The molecule has 4 aromatic rings. The number of benzene rings is 4. The number of fused-ring (bicyclic) bond motifs is 6. The van der Waals surface area contributed by atoms with Crippen LogP contribution in [0.3, 0.4) is 0 Å². The summed E-state index contributed by atoms with van der Waals surface area (Å²) >= 11 is 0. The van der Waals surface area contributed by atoms with Crippen LogP contribution in [0, 0.1) is 0 Å². The molecule has 22 nitrogen and oxygen atoms in total. The third-order valence-electron chi connectivity index (χ3n) is 15.5. The first kappa shape index (κ1) is 61.4. The number of hydrogen-bond donors (Lipinski definition) is 1. The average molecular weight is 1180 g/mol. The maximum atomic E-state index is 14.3. The number of carbonyl (C=O) groups is 6. The first-order valence-corrected chi connectivity index (χ1v) is 28.8. The minimum Gasteiger partial charge on any atom is -0.493 e. The van der Waals surface area contributed by atoms with Gasteiger partial charge in [0.15, 0.2) is 48.0 Å². The molecule has 10 rings (SSSR count). The van der Waals surface area contributed by atoms with E-state index in [9.17, 15) is 28.8 Å². The number of esters is 1. The zero-order valence-electron chi connectivity index (χ0n) is 48.3. The normalized spacial score (nSPS) is 21.2. The van der Waals surface area contributed by atoms with E-state index >= 15 is 0 Å². The zero-order chi connectivity index (χ0) is 60.0. The lowest BCUT2D eigenvalue weighted by Crippen LogP contribution is -2.58. The quantitative estimate of drug-likeness (QED) is 0.0376. The van der Waals surface area contributed by atoms with E-state index in [0.29, 0.717) is 69.9 Å². The highest BCUT2D eigenvalue weighted by atomic mass is 16.7. The molecule has 6 atom stereocenters. The highest BCUT2D eigenvalue weighted by molar-refractivity contribution is 6.07. The Bertz CT molecular complexity index is 3070. The molecule has 22 heteroatoms. The molecular weight excluding hydrogens is 1100 g/mol. The second-order valence-electron chi connectivity index (χ2n) is 21.0. The molecule has 4 amide bonds. The number of methoxy groups -OCH3 is 3. The van der Waals surface area contributed by atoms with Crippen molar-refractivity contribution < 1.29 is 86.0 Å². The van der Waals surface area contributed by atoms with Crippen LogP contribution in [0.15, 0.2) is 98.1 Å². The van der Waals surface area contributed by atoms with Crippen LogP contribution >= 0.6 is 0 Å². The van der Waals surface area contributed by atoms with Gasteiger partial charge in [0, 0.05) is 51.3 Å². The third-order valence-corrected chi connectivity index (χ3v) is 15.5. The molecule has 0 radical (unpaired) electrons. The number of aliphatic carboxylic acids is 1. The number of carboxylic acid groups (broad SMARTS) is 1. The summed E-state index contributed by atoms with van der Waals surface area (Å²) in [6, 6.07) is 21.1. The molecular formula is C63H74N4O18. The minimum atomic E-state index is -0.947. The highest BCUT2D eigenvalue weighted by Crippen LogP contribution is 2.45. The number of rotatable bonds is 20. The van der Waals surface area contributed by atoms with E-state index in [4.69, 9.17) is 57.2 Å². The Hall–Kier alpha value is -8.18. The molecule has 0 bridgehead atoms. The van der Waals surface area contributed by atoms with Gasteiger partial charge in [-0.2, -0.15) is 0 Å². The smallest absolute Gasteiger partial charge is 0.416 e. The molecule has 1 N–H and O–H groups in total. The van der Waals surface area contributed by atoms with E-state index in [1.165, 1.54) is 43.3 Å². The average Bonchev–Trinajstić information content (AvgIpc) is 2.20. The van der Waals surface area contributed by atoms with Crippen molar-refractivity contribution in [2.24, 2.45) is 0 Å². The number of carbonyl (C=O) groups excluding carboxylic acids is 5. The van der Waals surface area contributed by atoms with Gasteiger partial charge in [0.2, 0.25) is 0 Å². The summed E-state index contributed by atoms with van der Waals surface area (Å²) in [4.78, 5) is 85.2. The van der Waals surface area contributed by atoms with Gasteiger partial charge in [-0.15, -0.1) is 0 Å². The van der Waals surface area contributed by atoms with E-state index < -0.39 is 55.3 Å². The first-order valence-electron chi connectivity index (χ1n) is 28.8.